The molecule has 1 aliphatic heterocycles. The molecule has 0 aromatic heterocycles. The minimum atomic E-state index is 0.337. The number of benzene rings is 1. The zero-order chi connectivity index (χ0) is 14.8. The summed E-state index contributed by atoms with van der Waals surface area (Å²) in [5.41, 5.74) is 2.78. The first-order valence-electron chi connectivity index (χ1n) is 7.34. The van der Waals surface area contributed by atoms with Crippen molar-refractivity contribution in [2.75, 3.05) is 30.3 Å². The predicted molar refractivity (Wildman–Crippen MR) is 95.0 cm³/mol. The van der Waals surface area contributed by atoms with Crippen LogP contribution >= 0.6 is 27.7 Å². The number of hydrogen-bond donors (Lipinski definition) is 1. The van der Waals surface area contributed by atoms with Gasteiger partial charge in [-0.3, -0.25) is 0 Å². The lowest BCUT2D eigenvalue weighted by atomic mass is 10.0. The van der Waals surface area contributed by atoms with Gasteiger partial charge in [0.2, 0.25) is 0 Å². The molecule has 112 valence electrons. The maximum atomic E-state index is 3.61. The van der Waals surface area contributed by atoms with E-state index in [9.17, 15) is 0 Å². The second kappa shape index (κ2) is 6.71. The fourth-order valence-corrected chi connectivity index (χ4v) is 4.29. The molecule has 1 aromatic rings. The van der Waals surface area contributed by atoms with E-state index in [1.807, 2.05) is 0 Å². The third-order valence-electron chi connectivity index (χ3n) is 3.73. The highest BCUT2D eigenvalue weighted by Crippen LogP contribution is 2.36. The molecule has 0 spiro atoms. The molecule has 1 N–H and O–H groups in total. The van der Waals surface area contributed by atoms with Crippen LogP contribution in [0.25, 0.3) is 0 Å². The molecule has 0 bridgehead atoms. The van der Waals surface area contributed by atoms with Gasteiger partial charge in [0, 0.05) is 39.8 Å². The van der Waals surface area contributed by atoms with Gasteiger partial charge < -0.3 is 10.2 Å². The summed E-state index contributed by atoms with van der Waals surface area (Å²) in [6, 6.07) is 7.06. The van der Waals surface area contributed by atoms with Crippen LogP contribution in [0, 0.1) is 0 Å². The molecule has 1 unspecified atom stereocenters. The normalized spacial score (nSPS) is 19.9. The van der Waals surface area contributed by atoms with Gasteiger partial charge in [0.05, 0.1) is 0 Å². The second-order valence-electron chi connectivity index (χ2n) is 6.01. The third-order valence-corrected chi connectivity index (χ3v) is 5.52. The average Bonchev–Trinajstić information content (AvgIpc) is 2.37. The highest BCUT2D eigenvalue weighted by Gasteiger charge is 2.28. The zero-order valence-corrected chi connectivity index (χ0v) is 15.3. The number of anilines is 1. The van der Waals surface area contributed by atoms with Crippen molar-refractivity contribution in [1.82, 2.24) is 5.32 Å². The Morgan fingerprint density at radius 3 is 2.85 bits per heavy atom. The van der Waals surface area contributed by atoms with Crippen molar-refractivity contribution in [3.05, 3.63) is 28.2 Å². The van der Waals surface area contributed by atoms with Crippen LogP contribution in [-0.4, -0.2) is 30.1 Å². The number of halogens is 1. The number of rotatable bonds is 4. The molecule has 0 radical (unpaired) electrons. The highest BCUT2D eigenvalue weighted by atomic mass is 79.9. The van der Waals surface area contributed by atoms with Gasteiger partial charge in [0.15, 0.2) is 0 Å². The summed E-state index contributed by atoms with van der Waals surface area (Å²) in [5.74, 6) is 1.21. The van der Waals surface area contributed by atoms with Gasteiger partial charge in [-0.25, -0.2) is 0 Å². The Balaban J connectivity index is 2.30. The summed E-state index contributed by atoms with van der Waals surface area (Å²) < 4.78 is 1.50. The Morgan fingerprint density at radius 2 is 2.20 bits per heavy atom. The summed E-state index contributed by atoms with van der Waals surface area (Å²) >= 11 is 5.69. The van der Waals surface area contributed by atoms with Crippen molar-refractivity contribution in [3.8, 4) is 0 Å². The van der Waals surface area contributed by atoms with Gasteiger partial charge in [-0.1, -0.05) is 22.9 Å². The van der Waals surface area contributed by atoms with Crippen molar-refractivity contribution in [2.45, 2.75) is 38.5 Å². The van der Waals surface area contributed by atoms with Crippen LogP contribution in [0.1, 0.15) is 39.3 Å². The highest BCUT2D eigenvalue weighted by molar-refractivity contribution is 9.10. The summed E-state index contributed by atoms with van der Waals surface area (Å²) in [4.78, 5) is 2.55. The summed E-state index contributed by atoms with van der Waals surface area (Å²) in [6.45, 7) is 12.3. The Labute approximate surface area is 135 Å². The van der Waals surface area contributed by atoms with Crippen LogP contribution in [0.3, 0.4) is 0 Å². The molecule has 4 heteroatoms. The Morgan fingerprint density at radius 1 is 1.45 bits per heavy atom. The molecule has 1 aliphatic rings. The molecule has 2 rings (SSSR count). The first-order chi connectivity index (χ1) is 9.43. The fraction of sp³-hybridized carbons (Fsp3) is 0.625. The lowest BCUT2D eigenvalue weighted by Crippen LogP contribution is -2.43. The molecule has 20 heavy (non-hydrogen) atoms. The van der Waals surface area contributed by atoms with E-state index >= 15 is 0 Å². The first kappa shape index (κ1) is 16.2. The predicted octanol–water partition coefficient (Wildman–Crippen LogP) is 4.45. The minimum Gasteiger partial charge on any atom is -0.369 e. The van der Waals surface area contributed by atoms with E-state index in [0.717, 1.165) is 24.1 Å². The molecule has 1 heterocycles. The van der Waals surface area contributed by atoms with Crippen molar-refractivity contribution in [3.63, 3.8) is 0 Å². The Bertz CT molecular complexity index is 462. The second-order valence-corrected chi connectivity index (χ2v) is 8.73. The zero-order valence-electron chi connectivity index (χ0n) is 12.9. The van der Waals surface area contributed by atoms with Crippen LogP contribution in [0.5, 0.6) is 0 Å². The van der Waals surface area contributed by atoms with E-state index in [-0.39, 0.29) is 0 Å². The third kappa shape index (κ3) is 3.92. The largest absolute Gasteiger partial charge is 0.369 e. The van der Waals surface area contributed by atoms with Gasteiger partial charge in [-0.15, -0.1) is 0 Å². The summed E-state index contributed by atoms with van der Waals surface area (Å²) in [5, 5.41) is 3.54. The molecule has 2 nitrogen and oxygen atoms in total. The van der Waals surface area contributed by atoms with Gasteiger partial charge in [-0.05, 0) is 51.1 Å². The fourth-order valence-electron chi connectivity index (χ4n) is 2.80. The molecule has 1 aromatic carbocycles. The summed E-state index contributed by atoms with van der Waals surface area (Å²) in [7, 11) is 0. The van der Waals surface area contributed by atoms with E-state index in [2.05, 4.69) is 83.8 Å². The molecular weight excluding hydrogens is 332 g/mol. The topological polar surface area (TPSA) is 15.3 Å². The molecule has 0 amide bonds. The van der Waals surface area contributed by atoms with Crippen molar-refractivity contribution >= 4 is 33.4 Å². The lowest BCUT2D eigenvalue weighted by Gasteiger charge is -2.40. The standard InChI is InChI=1S/C16H25BrN2S/c1-5-18-12(2)14-10-13(17)6-7-15(14)19-8-9-20-16(3,4)11-19/h6-7,10,12,18H,5,8-9,11H2,1-4H3. The van der Waals surface area contributed by atoms with Gasteiger partial charge in [0.25, 0.3) is 0 Å². The average molecular weight is 357 g/mol. The minimum absolute atomic E-state index is 0.337. The van der Waals surface area contributed by atoms with Crippen LogP contribution in [0.2, 0.25) is 0 Å². The van der Waals surface area contributed by atoms with Gasteiger partial charge in [0.1, 0.15) is 0 Å². The van der Waals surface area contributed by atoms with E-state index in [0.29, 0.717) is 10.8 Å². The van der Waals surface area contributed by atoms with Crippen molar-refractivity contribution < 1.29 is 0 Å². The van der Waals surface area contributed by atoms with E-state index < -0.39 is 0 Å². The Kier molecular flexibility index (Phi) is 5.43. The molecular formula is C16H25BrN2S. The SMILES string of the molecule is CCNC(C)c1cc(Br)ccc1N1CCSC(C)(C)C1. The number of nitrogens with one attached hydrogen (secondary N) is 1. The van der Waals surface area contributed by atoms with Crippen LogP contribution in [0.15, 0.2) is 22.7 Å². The van der Waals surface area contributed by atoms with E-state index in [1.165, 1.54) is 17.0 Å². The molecule has 1 saturated heterocycles. The number of hydrogen-bond acceptors (Lipinski definition) is 3. The molecule has 0 saturated carbocycles. The smallest absolute Gasteiger partial charge is 0.0416 e. The quantitative estimate of drug-likeness (QED) is 0.857. The maximum Gasteiger partial charge on any atom is 0.0416 e. The lowest BCUT2D eigenvalue weighted by molar-refractivity contribution is 0.589. The van der Waals surface area contributed by atoms with Crippen LogP contribution in [0.4, 0.5) is 5.69 Å². The molecule has 1 fully saturated rings. The van der Waals surface area contributed by atoms with Crippen LogP contribution < -0.4 is 10.2 Å². The Hall–Kier alpha value is -0.190. The van der Waals surface area contributed by atoms with E-state index in [4.69, 9.17) is 0 Å². The van der Waals surface area contributed by atoms with Crippen molar-refractivity contribution in [2.24, 2.45) is 0 Å². The number of nitrogens with zero attached hydrogens (tertiary/aromatic N) is 1. The van der Waals surface area contributed by atoms with Gasteiger partial charge in [-0.2, -0.15) is 11.8 Å². The maximum absolute atomic E-state index is 3.61. The monoisotopic (exact) mass is 356 g/mol. The first-order valence-corrected chi connectivity index (χ1v) is 9.12. The van der Waals surface area contributed by atoms with E-state index in [1.54, 1.807) is 0 Å². The summed E-state index contributed by atoms with van der Waals surface area (Å²) in [6.07, 6.45) is 0. The molecule has 1 atom stereocenters. The van der Waals surface area contributed by atoms with Gasteiger partial charge >= 0.3 is 0 Å². The molecule has 0 aliphatic carbocycles. The van der Waals surface area contributed by atoms with Crippen LogP contribution in [-0.2, 0) is 0 Å². The van der Waals surface area contributed by atoms with Crippen molar-refractivity contribution in [1.29, 1.82) is 0 Å². The number of thioether (sulfide) groups is 1.